The van der Waals surface area contributed by atoms with Gasteiger partial charge in [0, 0.05) is 5.56 Å². The maximum absolute atomic E-state index is 13.7. The van der Waals surface area contributed by atoms with Crippen LogP contribution in [0.15, 0.2) is 49.1 Å². The van der Waals surface area contributed by atoms with Crippen LogP contribution < -0.4 is 14.8 Å². The molecule has 5 heteroatoms. The SMILES string of the molecule is C=CCOc1ccc(C(=O)Nc2cc(C)ccc2F)cc1OC. The zero-order valence-corrected chi connectivity index (χ0v) is 13.1. The molecule has 0 aliphatic heterocycles. The van der Waals surface area contributed by atoms with Gasteiger partial charge in [-0.3, -0.25) is 4.79 Å². The van der Waals surface area contributed by atoms with Crippen molar-refractivity contribution >= 4 is 11.6 Å². The Morgan fingerprint density at radius 2 is 2.04 bits per heavy atom. The fraction of sp³-hybridized carbons (Fsp3) is 0.167. The number of anilines is 1. The lowest BCUT2D eigenvalue weighted by molar-refractivity contribution is 0.102. The first-order valence-electron chi connectivity index (χ1n) is 7.04. The van der Waals surface area contributed by atoms with Crippen LogP contribution in [0.3, 0.4) is 0 Å². The largest absolute Gasteiger partial charge is 0.493 e. The van der Waals surface area contributed by atoms with Crippen molar-refractivity contribution in [3.05, 3.63) is 66.0 Å². The summed E-state index contributed by atoms with van der Waals surface area (Å²) in [6.07, 6.45) is 1.61. The summed E-state index contributed by atoms with van der Waals surface area (Å²) < 4.78 is 24.4. The monoisotopic (exact) mass is 315 g/mol. The lowest BCUT2D eigenvalue weighted by Gasteiger charge is -2.12. The number of halogens is 1. The fourth-order valence-electron chi connectivity index (χ4n) is 2.01. The highest BCUT2D eigenvalue weighted by atomic mass is 19.1. The van der Waals surface area contributed by atoms with Crippen molar-refractivity contribution in [1.29, 1.82) is 0 Å². The Bertz CT molecular complexity index is 728. The second kappa shape index (κ2) is 7.45. The Hall–Kier alpha value is -2.82. The van der Waals surface area contributed by atoms with E-state index in [-0.39, 0.29) is 5.69 Å². The summed E-state index contributed by atoms with van der Waals surface area (Å²) in [5.74, 6) is 0.0137. The number of hydrogen-bond acceptors (Lipinski definition) is 3. The topological polar surface area (TPSA) is 47.6 Å². The Kier molecular flexibility index (Phi) is 5.36. The van der Waals surface area contributed by atoms with Crippen LogP contribution in [0.5, 0.6) is 11.5 Å². The summed E-state index contributed by atoms with van der Waals surface area (Å²) in [6, 6.07) is 9.29. The second-order valence-corrected chi connectivity index (χ2v) is 4.90. The maximum atomic E-state index is 13.7. The molecule has 0 atom stereocenters. The third-order valence-corrected chi connectivity index (χ3v) is 3.15. The molecule has 0 saturated carbocycles. The third-order valence-electron chi connectivity index (χ3n) is 3.15. The normalized spacial score (nSPS) is 10.0. The van der Waals surface area contributed by atoms with Gasteiger partial charge in [0.1, 0.15) is 12.4 Å². The second-order valence-electron chi connectivity index (χ2n) is 4.90. The number of rotatable bonds is 6. The first-order valence-corrected chi connectivity index (χ1v) is 7.04. The lowest BCUT2D eigenvalue weighted by Crippen LogP contribution is -2.13. The molecule has 2 aromatic rings. The van der Waals surface area contributed by atoms with Gasteiger partial charge in [0.25, 0.3) is 5.91 Å². The summed E-state index contributed by atoms with van der Waals surface area (Å²) in [5, 5.41) is 2.55. The maximum Gasteiger partial charge on any atom is 0.255 e. The average molecular weight is 315 g/mol. The van der Waals surface area contributed by atoms with E-state index in [1.165, 1.54) is 13.2 Å². The number of carbonyl (C=O) groups is 1. The number of ether oxygens (including phenoxy) is 2. The highest BCUT2D eigenvalue weighted by molar-refractivity contribution is 6.04. The molecule has 120 valence electrons. The standard InChI is InChI=1S/C18H18FNO3/c1-4-9-23-16-8-6-13(11-17(16)22-3)18(21)20-15-10-12(2)5-7-14(15)19/h4-8,10-11H,1,9H2,2-3H3,(H,20,21). The zero-order chi connectivity index (χ0) is 16.8. The Balaban J connectivity index is 2.22. The van der Waals surface area contributed by atoms with Gasteiger partial charge in [-0.05, 0) is 42.8 Å². The summed E-state index contributed by atoms with van der Waals surface area (Å²) in [4.78, 5) is 12.3. The molecule has 4 nitrogen and oxygen atoms in total. The van der Waals surface area contributed by atoms with E-state index in [2.05, 4.69) is 11.9 Å². The number of hydrogen-bond donors (Lipinski definition) is 1. The van der Waals surface area contributed by atoms with Crippen LogP contribution in [0.2, 0.25) is 0 Å². The molecule has 0 saturated heterocycles. The molecule has 0 heterocycles. The van der Waals surface area contributed by atoms with Crippen LogP contribution in [0.1, 0.15) is 15.9 Å². The van der Waals surface area contributed by atoms with Gasteiger partial charge in [0.05, 0.1) is 12.8 Å². The van der Waals surface area contributed by atoms with Crippen molar-refractivity contribution < 1.29 is 18.7 Å². The number of amides is 1. The Morgan fingerprint density at radius 1 is 1.26 bits per heavy atom. The average Bonchev–Trinajstić information content (AvgIpc) is 2.56. The summed E-state index contributed by atoms with van der Waals surface area (Å²) in [6.45, 7) is 5.73. The quantitative estimate of drug-likeness (QED) is 0.821. The first-order chi connectivity index (χ1) is 11.0. The van der Waals surface area contributed by atoms with Crippen molar-refractivity contribution in [1.82, 2.24) is 0 Å². The number of carbonyl (C=O) groups excluding carboxylic acids is 1. The van der Waals surface area contributed by atoms with E-state index in [9.17, 15) is 9.18 Å². The highest BCUT2D eigenvalue weighted by Gasteiger charge is 2.13. The van der Waals surface area contributed by atoms with E-state index in [4.69, 9.17) is 9.47 Å². The predicted octanol–water partition coefficient (Wildman–Crippen LogP) is 3.96. The smallest absolute Gasteiger partial charge is 0.255 e. The molecule has 0 fully saturated rings. The molecule has 0 bridgehead atoms. The molecule has 1 N–H and O–H groups in total. The summed E-state index contributed by atoms with van der Waals surface area (Å²) in [7, 11) is 1.48. The predicted molar refractivity (Wildman–Crippen MR) is 87.8 cm³/mol. The minimum atomic E-state index is -0.484. The highest BCUT2D eigenvalue weighted by Crippen LogP contribution is 2.28. The van der Waals surface area contributed by atoms with E-state index >= 15 is 0 Å². The molecular formula is C18H18FNO3. The van der Waals surface area contributed by atoms with Crippen molar-refractivity contribution in [3.8, 4) is 11.5 Å². The fourth-order valence-corrected chi connectivity index (χ4v) is 2.01. The molecule has 23 heavy (non-hydrogen) atoms. The van der Waals surface area contributed by atoms with Crippen LogP contribution in [-0.2, 0) is 0 Å². The molecule has 0 aliphatic rings. The van der Waals surface area contributed by atoms with Crippen LogP contribution in [0, 0.1) is 12.7 Å². The number of benzene rings is 2. The van der Waals surface area contributed by atoms with Crippen molar-refractivity contribution in [2.24, 2.45) is 0 Å². The Labute approximate surface area is 134 Å². The minimum absolute atomic E-state index is 0.140. The van der Waals surface area contributed by atoms with E-state index in [0.29, 0.717) is 23.7 Å². The molecule has 0 spiro atoms. The lowest BCUT2D eigenvalue weighted by atomic mass is 10.1. The van der Waals surface area contributed by atoms with Crippen molar-refractivity contribution in [2.75, 3.05) is 19.0 Å². The van der Waals surface area contributed by atoms with Gasteiger partial charge < -0.3 is 14.8 Å². The van der Waals surface area contributed by atoms with Crippen LogP contribution >= 0.6 is 0 Å². The Morgan fingerprint density at radius 3 is 2.74 bits per heavy atom. The summed E-state index contributed by atoms with van der Waals surface area (Å²) >= 11 is 0. The van der Waals surface area contributed by atoms with Gasteiger partial charge >= 0.3 is 0 Å². The van der Waals surface area contributed by atoms with Gasteiger partial charge in [0.2, 0.25) is 0 Å². The molecular weight excluding hydrogens is 297 g/mol. The van der Waals surface area contributed by atoms with E-state index in [1.807, 2.05) is 6.92 Å². The molecule has 2 aromatic carbocycles. The van der Waals surface area contributed by atoms with Crippen LogP contribution in [-0.4, -0.2) is 19.6 Å². The molecule has 0 aromatic heterocycles. The molecule has 0 aliphatic carbocycles. The van der Waals surface area contributed by atoms with Gasteiger partial charge in [-0.15, -0.1) is 0 Å². The summed E-state index contributed by atoms with van der Waals surface area (Å²) in [5.41, 5.74) is 1.34. The van der Waals surface area contributed by atoms with Gasteiger partial charge in [-0.2, -0.15) is 0 Å². The number of nitrogens with one attached hydrogen (secondary N) is 1. The minimum Gasteiger partial charge on any atom is -0.493 e. The molecule has 2 rings (SSSR count). The molecule has 0 unspecified atom stereocenters. The van der Waals surface area contributed by atoms with Crippen LogP contribution in [0.25, 0.3) is 0 Å². The van der Waals surface area contributed by atoms with E-state index < -0.39 is 11.7 Å². The van der Waals surface area contributed by atoms with Crippen molar-refractivity contribution in [2.45, 2.75) is 6.92 Å². The third kappa shape index (κ3) is 4.10. The number of aryl methyl sites for hydroxylation is 1. The van der Waals surface area contributed by atoms with Gasteiger partial charge in [-0.25, -0.2) is 4.39 Å². The zero-order valence-electron chi connectivity index (χ0n) is 13.1. The van der Waals surface area contributed by atoms with E-state index in [0.717, 1.165) is 5.56 Å². The van der Waals surface area contributed by atoms with E-state index in [1.54, 1.807) is 36.4 Å². The van der Waals surface area contributed by atoms with Gasteiger partial charge in [0.15, 0.2) is 11.5 Å². The van der Waals surface area contributed by atoms with Crippen LogP contribution in [0.4, 0.5) is 10.1 Å². The van der Waals surface area contributed by atoms with Crippen molar-refractivity contribution in [3.63, 3.8) is 0 Å². The molecule has 1 amide bonds. The number of methoxy groups -OCH3 is 1. The first kappa shape index (κ1) is 16.5. The van der Waals surface area contributed by atoms with Gasteiger partial charge in [-0.1, -0.05) is 18.7 Å². The molecule has 0 radical (unpaired) electrons.